The highest BCUT2D eigenvalue weighted by Gasteiger charge is 2.25. The van der Waals surface area contributed by atoms with Crippen molar-refractivity contribution in [2.45, 2.75) is 30.6 Å². The molecule has 174 valence electrons. The number of aromatic nitrogens is 3. The smallest absolute Gasteiger partial charge is 0.234 e. The molecule has 4 rings (SSSR count). The van der Waals surface area contributed by atoms with Crippen LogP contribution in [-0.4, -0.2) is 79.7 Å². The normalized spacial score (nSPS) is 18.6. The van der Waals surface area contributed by atoms with E-state index in [1.807, 2.05) is 0 Å². The number of thioether (sulfide) groups is 1. The maximum absolute atomic E-state index is 12.6. The van der Waals surface area contributed by atoms with Crippen LogP contribution in [0.25, 0.3) is 0 Å². The molecule has 1 atom stereocenters. The first kappa shape index (κ1) is 22.7. The molecular weight excluding hydrogens is 434 g/mol. The number of nitrogens with one attached hydrogen (secondary N) is 1. The number of nitrogens with zero attached hydrogens (tertiary/aromatic N) is 4. The molecule has 0 aliphatic carbocycles. The van der Waals surface area contributed by atoms with Gasteiger partial charge in [-0.2, -0.15) is 0 Å². The van der Waals surface area contributed by atoms with E-state index in [0.717, 1.165) is 38.5 Å². The monoisotopic (exact) mass is 463 g/mol. The van der Waals surface area contributed by atoms with Crippen LogP contribution in [0.2, 0.25) is 0 Å². The summed E-state index contributed by atoms with van der Waals surface area (Å²) in [6, 6.07) is 5.27. The van der Waals surface area contributed by atoms with E-state index in [2.05, 4.69) is 25.0 Å². The van der Waals surface area contributed by atoms with Crippen LogP contribution >= 0.6 is 11.8 Å². The van der Waals surface area contributed by atoms with Crippen LogP contribution < -0.4 is 19.7 Å². The van der Waals surface area contributed by atoms with Gasteiger partial charge in [-0.1, -0.05) is 11.8 Å². The first-order chi connectivity index (χ1) is 15.7. The molecule has 1 amide bonds. The highest BCUT2D eigenvalue weighted by atomic mass is 32.2. The van der Waals surface area contributed by atoms with E-state index in [1.54, 1.807) is 32.4 Å². The molecule has 2 aliphatic heterocycles. The second-order valence-corrected chi connectivity index (χ2v) is 8.48. The molecule has 2 saturated heterocycles. The number of hydrogen-bond acceptors (Lipinski definition) is 9. The molecule has 1 aromatic heterocycles. The lowest BCUT2D eigenvalue weighted by Gasteiger charge is -2.28. The number of rotatable bonds is 9. The molecular formula is C21H29N5O5S. The van der Waals surface area contributed by atoms with Crippen LogP contribution in [0.15, 0.2) is 23.4 Å². The Labute approximate surface area is 191 Å². The summed E-state index contributed by atoms with van der Waals surface area (Å²) >= 11 is 1.37. The minimum atomic E-state index is -0.137. The minimum absolute atomic E-state index is 0.137. The van der Waals surface area contributed by atoms with Crippen molar-refractivity contribution in [2.24, 2.45) is 0 Å². The van der Waals surface area contributed by atoms with E-state index in [-0.39, 0.29) is 17.8 Å². The van der Waals surface area contributed by atoms with E-state index in [9.17, 15) is 4.79 Å². The van der Waals surface area contributed by atoms with Gasteiger partial charge >= 0.3 is 0 Å². The Kier molecular flexibility index (Phi) is 7.72. The second kappa shape index (κ2) is 10.9. The molecule has 2 fully saturated rings. The van der Waals surface area contributed by atoms with E-state index in [0.29, 0.717) is 42.1 Å². The predicted molar refractivity (Wildman–Crippen MR) is 121 cm³/mol. The summed E-state index contributed by atoms with van der Waals surface area (Å²) in [5, 5.41) is 12.4. The van der Waals surface area contributed by atoms with Crippen LogP contribution in [0.1, 0.15) is 12.8 Å². The van der Waals surface area contributed by atoms with Crippen LogP contribution in [0.4, 0.5) is 11.6 Å². The molecule has 0 saturated carbocycles. The maximum atomic E-state index is 12.6. The summed E-state index contributed by atoms with van der Waals surface area (Å²) in [5.74, 6) is 2.05. The second-order valence-electron chi connectivity index (χ2n) is 7.53. The van der Waals surface area contributed by atoms with Gasteiger partial charge in [-0.3, -0.25) is 9.36 Å². The highest BCUT2D eigenvalue weighted by molar-refractivity contribution is 7.99. The summed E-state index contributed by atoms with van der Waals surface area (Å²) in [6.07, 6.45) is 2.23. The zero-order chi connectivity index (χ0) is 22.3. The van der Waals surface area contributed by atoms with Gasteiger partial charge < -0.3 is 29.2 Å². The largest absolute Gasteiger partial charge is 0.493 e. The average molecular weight is 464 g/mol. The lowest BCUT2D eigenvalue weighted by atomic mass is 10.2. The van der Waals surface area contributed by atoms with Crippen LogP contribution in [0.3, 0.4) is 0 Å². The Morgan fingerprint density at radius 2 is 2.00 bits per heavy atom. The molecule has 3 heterocycles. The average Bonchev–Trinajstić information content (AvgIpc) is 3.48. The maximum Gasteiger partial charge on any atom is 0.234 e. The summed E-state index contributed by atoms with van der Waals surface area (Å²) in [6.45, 7) is 4.35. The van der Waals surface area contributed by atoms with Crippen molar-refractivity contribution in [1.82, 2.24) is 14.8 Å². The van der Waals surface area contributed by atoms with Gasteiger partial charge in [0.1, 0.15) is 0 Å². The summed E-state index contributed by atoms with van der Waals surface area (Å²) < 4.78 is 23.9. The topological polar surface area (TPSA) is 100.0 Å². The Hall–Kier alpha value is -2.50. The minimum Gasteiger partial charge on any atom is -0.493 e. The number of ether oxygens (including phenoxy) is 4. The Bertz CT molecular complexity index is 912. The number of methoxy groups -OCH3 is 2. The summed E-state index contributed by atoms with van der Waals surface area (Å²) in [5.41, 5.74) is 0.642. The van der Waals surface area contributed by atoms with Crippen molar-refractivity contribution in [1.29, 1.82) is 0 Å². The van der Waals surface area contributed by atoms with E-state index in [1.165, 1.54) is 11.8 Å². The highest BCUT2D eigenvalue weighted by Crippen LogP contribution is 2.30. The number of amides is 1. The van der Waals surface area contributed by atoms with Crippen LogP contribution in [0.5, 0.6) is 11.5 Å². The van der Waals surface area contributed by atoms with Gasteiger partial charge in [0.25, 0.3) is 0 Å². The fourth-order valence-electron chi connectivity index (χ4n) is 3.78. The van der Waals surface area contributed by atoms with Crippen molar-refractivity contribution >= 4 is 29.3 Å². The lowest BCUT2D eigenvalue weighted by Crippen LogP contribution is -2.38. The number of benzene rings is 1. The van der Waals surface area contributed by atoms with E-state index in [4.69, 9.17) is 18.9 Å². The Morgan fingerprint density at radius 3 is 2.72 bits per heavy atom. The van der Waals surface area contributed by atoms with Crippen molar-refractivity contribution < 1.29 is 23.7 Å². The molecule has 32 heavy (non-hydrogen) atoms. The third kappa shape index (κ3) is 5.45. The number of carbonyl (C=O) groups is 1. The first-order valence-corrected chi connectivity index (χ1v) is 11.7. The molecule has 1 unspecified atom stereocenters. The van der Waals surface area contributed by atoms with Gasteiger partial charge in [0.05, 0.1) is 45.8 Å². The van der Waals surface area contributed by atoms with Gasteiger partial charge in [0.2, 0.25) is 11.9 Å². The molecule has 10 nitrogen and oxygen atoms in total. The number of morpholine rings is 1. The van der Waals surface area contributed by atoms with Gasteiger partial charge in [0, 0.05) is 31.5 Å². The molecule has 2 aromatic rings. The number of hydrogen-bond donors (Lipinski definition) is 1. The van der Waals surface area contributed by atoms with Gasteiger partial charge in [-0.05, 0) is 25.0 Å². The van der Waals surface area contributed by atoms with Crippen molar-refractivity contribution in [3.8, 4) is 11.5 Å². The first-order valence-electron chi connectivity index (χ1n) is 10.7. The van der Waals surface area contributed by atoms with Gasteiger partial charge in [-0.15, -0.1) is 10.2 Å². The quantitative estimate of drug-likeness (QED) is 0.560. The number of anilines is 2. The lowest BCUT2D eigenvalue weighted by molar-refractivity contribution is -0.113. The number of carbonyl (C=O) groups excluding carboxylic acids is 1. The van der Waals surface area contributed by atoms with Crippen molar-refractivity contribution in [2.75, 3.05) is 63.1 Å². The molecule has 0 bridgehead atoms. The van der Waals surface area contributed by atoms with Gasteiger partial charge in [-0.25, -0.2) is 0 Å². The molecule has 11 heteroatoms. The fourth-order valence-corrected chi connectivity index (χ4v) is 4.52. The molecule has 0 spiro atoms. The summed E-state index contributed by atoms with van der Waals surface area (Å²) in [7, 11) is 3.14. The zero-order valence-electron chi connectivity index (χ0n) is 18.4. The Morgan fingerprint density at radius 1 is 1.19 bits per heavy atom. The van der Waals surface area contributed by atoms with Crippen molar-refractivity contribution in [3.05, 3.63) is 18.2 Å². The standard InChI is InChI=1S/C21H29N5O5S/c1-28-17-6-5-15(12-18(17)29-2)22-19(27)14-32-21-24-23-20(25-7-10-30-11-8-25)26(21)13-16-4-3-9-31-16/h5-6,12,16H,3-4,7-11,13-14H2,1-2H3,(H,22,27). The zero-order valence-corrected chi connectivity index (χ0v) is 19.2. The van der Waals surface area contributed by atoms with Gasteiger partial charge in [0.15, 0.2) is 16.7 Å². The third-order valence-corrected chi connectivity index (χ3v) is 6.37. The predicted octanol–water partition coefficient (Wildman–Crippen LogP) is 2.04. The fraction of sp³-hybridized carbons (Fsp3) is 0.571. The molecule has 0 radical (unpaired) electrons. The third-order valence-electron chi connectivity index (χ3n) is 5.40. The molecule has 1 N–H and O–H groups in total. The van der Waals surface area contributed by atoms with Crippen molar-refractivity contribution in [3.63, 3.8) is 0 Å². The van der Waals surface area contributed by atoms with Crippen LogP contribution in [0, 0.1) is 0 Å². The summed E-state index contributed by atoms with van der Waals surface area (Å²) in [4.78, 5) is 14.8. The SMILES string of the molecule is COc1ccc(NC(=O)CSc2nnc(N3CCOCC3)n2CC2CCCO2)cc1OC. The van der Waals surface area contributed by atoms with E-state index >= 15 is 0 Å². The molecule has 2 aliphatic rings. The molecule has 1 aromatic carbocycles. The van der Waals surface area contributed by atoms with Crippen LogP contribution in [-0.2, 0) is 20.8 Å². The Balaban J connectivity index is 1.42. The van der Waals surface area contributed by atoms with E-state index < -0.39 is 0 Å².